The van der Waals surface area contributed by atoms with Crippen molar-refractivity contribution >= 4 is 39.7 Å². The zero-order valence-electron chi connectivity index (χ0n) is 8.45. The molecule has 0 saturated heterocycles. The molecule has 0 spiro atoms. The molecular formula is C10H5Cl2NO4. The molecule has 0 bridgehead atoms. The van der Waals surface area contributed by atoms with E-state index in [1.165, 1.54) is 0 Å². The van der Waals surface area contributed by atoms with Crippen molar-refractivity contribution in [3.05, 3.63) is 37.9 Å². The van der Waals surface area contributed by atoms with Gasteiger partial charge in [-0.2, -0.15) is 0 Å². The largest absolute Gasteiger partial charge is 0.502 e. The summed E-state index contributed by atoms with van der Waals surface area (Å²) in [5, 5.41) is 20.2. The Balaban J connectivity index is 2.86. The number of fused-ring (bicyclic) bond motifs is 1. The molecule has 88 valence electrons. The first-order valence-electron chi connectivity index (χ1n) is 4.47. The van der Waals surface area contributed by atoms with E-state index in [2.05, 4.69) is 0 Å². The zero-order valence-corrected chi connectivity index (χ0v) is 9.96. The fourth-order valence-electron chi connectivity index (χ4n) is 1.75. The highest BCUT2D eigenvalue weighted by Crippen LogP contribution is 2.46. The first-order valence-corrected chi connectivity index (χ1v) is 5.23. The van der Waals surface area contributed by atoms with Gasteiger partial charge in [-0.25, -0.2) is 0 Å². The van der Waals surface area contributed by atoms with E-state index in [0.717, 1.165) is 6.07 Å². The lowest BCUT2D eigenvalue weighted by molar-refractivity contribution is -0.385. The van der Waals surface area contributed by atoms with Gasteiger partial charge < -0.3 is 5.11 Å². The summed E-state index contributed by atoms with van der Waals surface area (Å²) in [6.07, 6.45) is 0. The zero-order chi connectivity index (χ0) is 12.9. The molecule has 1 N–H and O–H groups in total. The third-order valence-electron chi connectivity index (χ3n) is 2.51. The Morgan fingerprint density at radius 3 is 2.41 bits per heavy atom. The average Bonchev–Trinajstić information content (AvgIpc) is 2.48. The van der Waals surface area contributed by atoms with Crippen molar-refractivity contribution in [3.8, 4) is 5.75 Å². The molecule has 0 unspecified atom stereocenters. The van der Waals surface area contributed by atoms with Gasteiger partial charge in [0.1, 0.15) is 5.03 Å². The van der Waals surface area contributed by atoms with E-state index in [1.54, 1.807) is 6.92 Å². The van der Waals surface area contributed by atoms with Crippen LogP contribution in [0, 0.1) is 17.0 Å². The number of nitrogens with zero attached hydrogens (tertiary/aromatic N) is 1. The normalized spacial score (nSPS) is 14.2. The lowest BCUT2D eigenvalue weighted by Gasteiger charge is -2.06. The maximum atomic E-state index is 11.7. The second-order valence-corrected chi connectivity index (χ2v) is 4.28. The number of nitro benzene ring substituents is 1. The minimum Gasteiger partial charge on any atom is -0.502 e. The molecule has 1 aromatic rings. The third kappa shape index (κ3) is 1.50. The molecule has 5 nitrogen and oxygen atoms in total. The summed E-state index contributed by atoms with van der Waals surface area (Å²) in [5.74, 6) is -1.40. The van der Waals surface area contributed by atoms with Crippen LogP contribution in [0.25, 0.3) is 5.03 Å². The van der Waals surface area contributed by atoms with E-state index >= 15 is 0 Å². The van der Waals surface area contributed by atoms with Crippen LogP contribution in [-0.4, -0.2) is 15.8 Å². The topological polar surface area (TPSA) is 80.4 Å². The molecule has 0 amide bonds. The fraction of sp³-hybridized carbons (Fsp3) is 0.100. The van der Waals surface area contributed by atoms with E-state index in [4.69, 9.17) is 23.2 Å². The van der Waals surface area contributed by atoms with Crippen LogP contribution >= 0.6 is 23.2 Å². The summed E-state index contributed by atoms with van der Waals surface area (Å²) in [4.78, 5) is 21.6. The molecule has 1 aliphatic rings. The number of phenolic OH excluding ortho intramolecular Hbond substituents is 1. The summed E-state index contributed by atoms with van der Waals surface area (Å²) in [5.41, 5.74) is -0.0691. The number of carbonyl (C=O) groups excluding carboxylic acids is 1. The number of aryl methyl sites for hydroxylation is 1. The summed E-state index contributed by atoms with van der Waals surface area (Å²) in [7, 11) is 0. The third-order valence-corrected chi connectivity index (χ3v) is 3.35. The van der Waals surface area contributed by atoms with Gasteiger partial charge >= 0.3 is 5.69 Å². The number of ketones is 1. The van der Waals surface area contributed by atoms with Gasteiger partial charge in [0, 0.05) is 11.6 Å². The number of hydrogen-bond donors (Lipinski definition) is 1. The number of nitro groups is 1. The van der Waals surface area contributed by atoms with E-state index < -0.39 is 22.1 Å². The first kappa shape index (κ1) is 11.9. The summed E-state index contributed by atoms with van der Waals surface area (Å²) >= 11 is 11.5. The summed E-state index contributed by atoms with van der Waals surface area (Å²) < 4.78 is 0. The van der Waals surface area contributed by atoms with Crippen molar-refractivity contribution < 1.29 is 14.8 Å². The number of aromatic hydroxyl groups is 1. The van der Waals surface area contributed by atoms with E-state index in [9.17, 15) is 20.0 Å². The quantitative estimate of drug-likeness (QED) is 0.630. The van der Waals surface area contributed by atoms with Gasteiger partial charge in [0.2, 0.25) is 11.5 Å². The number of allylic oxidation sites excluding steroid dienone is 1. The molecule has 1 aliphatic carbocycles. The summed E-state index contributed by atoms with van der Waals surface area (Å²) in [6, 6.07) is 1.15. The minimum absolute atomic E-state index is 0.00867. The molecule has 7 heteroatoms. The molecule has 0 aromatic heterocycles. The van der Waals surface area contributed by atoms with Crippen LogP contribution in [0.15, 0.2) is 11.1 Å². The Hall–Kier alpha value is -1.59. The Bertz CT molecular complexity index is 607. The van der Waals surface area contributed by atoms with Crippen LogP contribution in [0.3, 0.4) is 0 Å². The van der Waals surface area contributed by atoms with Crippen LogP contribution < -0.4 is 0 Å². The van der Waals surface area contributed by atoms with Crippen LogP contribution in [0.1, 0.15) is 21.5 Å². The van der Waals surface area contributed by atoms with E-state index in [0.29, 0.717) is 5.56 Å². The Labute approximate surface area is 105 Å². The maximum Gasteiger partial charge on any atom is 0.311 e. The number of halogens is 2. The Morgan fingerprint density at radius 1 is 1.29 bits per heavy atom. The first-order chi connectivity index (χ1) is 7.86. The summed E-state index contributed by atoms with van der Waals surface area (Å²) in [6.45, 7) is 1.55. The molecule has 2 rings (SSSR count). The van der Waals surface area contributed by atoms with Gasteiger partial charge in [-0.05, 0) is 12.5 Å². The predicted molar refractivity (Wildman–Crippen MR) is 62.5 cm³/mol. The van der Waals surface area contributed by atoms with E-state index in [1.807, 2.05) is 0 Å². The number of rotatable bonds is 1. The maximum absolute atomic E-state index is 11.7. The molecule has 0 atom stereocenters. The van der Waals surface area contributed by atoms with E-state index in [-0.39, 0.29) is 21.2 Å². The molecular weight excluding hydrogens is 269 g/mol. The van der Waals surface area contributed by atoms with Crippen LogP contribution in [-0.2, 0) is 0 Å². The van der Waals surface area contributed by atoms with Gasteiger partial charge in [-0.15, -0.1) is 0 Å². The number of benzene rings is 1. The Morgan fingerprint density at radius 2 is 1.88 bits per heavy atom. The average molecular weight is 274 g/mol. The monoisotopic (exact) mass is 273 g/mol. The highest BCUT2D eigenvalue weighted by molar-refractivity contribution is 6.64. The van der Waals surface area contributed by atoms with Crippen molar-refractivity contribution in [3.63, 3.8) is 0 Å². The number of hydrogen-bond acceptors (Lipinski definition) is 4. The van der Waals surface area contributed by atoms with Crippen molar-refractivity contribution in [2.75, 3.05) is 0 Å². The second kappa shape index (κ2) is 3.72. The Kier molecular flexibility index (Phi) is 2.60. The molecule has 17 heavy (non-hydrogen) atoms. The smallest absolute Gasteiger partial charge is 0.311 e. The van der Waals surface area contributed by atoms with Gasteiger partial charge in [-0.1, -0.05) is 23.2 Å². The molecule has 0 fully saturated rings. The standard InChI is InChI=1S/C10H5Cl2NO4/c1-3-2-4(13(16)17)9(14)6-5(3)7(11)8(12)10(6)15/h2,14H,1H3. The minimum atomic E-state index is -0.768. The predicted octanol–water partition coefficient (Wildman–Crippen LogP) is 2.95. The molecule has 1 aromatic carbocycles. The highest BCUT2D eigenvalue weighted by Gasteiger charge is 2.36. The number of Topliss-reactive ketones (excluding diaryl/α,β-unsaturated/α-hetero) is 1. The fourth-order valence-corrected chi connectivity index (χ4v) is 2.27. The highest BCUT2D eigenvalue weighted by atomic mass is 35.5. The molecule has 0 aliphatic heterocycles. The molecule has 0 radical (unpaired) electrons. The lowest BCUT2D eigenvalue weighted by atomic mass is 10.0. The van der Waals surface area contributed by atoms with Crippen molar-refractivity contribution in [2.45, 2.75) is 6.92 Å². The van der Waals surface area contributed by atoms with Crippen molar-refractivity contribution in [2.24, 2.45) is 0 Å². The number of phenols is 1. The van der Waals surface area contributed by atoms with Gasteiger partial charge in [0.15, 0.2) is 0 Å². The van der Waals surface area contributed by atoms with Crippen LogP contribution in [0.5, 0.6) is 5.75 Å². The van der Waals surface area contributed by atoms with Gasteiger partial charge in [-0.3, -0.25) is 14.9 Å². The van der Waals surface area contributed by atoms with Crippen molar-refractivity contribution in [1.29, 1.82) is 0 Å². The lowest BCUT2D eigenvalue weighted by Crippen LogP contribution is -2.00. The second-order valence-electron chi connectivity index (χ2n) is 3.53. The number of carbonyl (C=O) groups is 1. The van der Waals surface area contributed by atoms with Crippen molar-refractivity contribution in [1.82, 2.24) is 0 Å². The molecule has 0 heterocycles. The van der Waals surface area contributed by atoms with Gasteiger partial charge in [0.05, 0.1) is 15.5 Å². The SMILES string of the molecule is Cc1cc([N+](=O)[O-])c(O)c2c1C(Cl)=C(Cl)C2=O. The van der Waals surface area contributed by atoms with Crippen LogP contribution in [0.2, 0.25) is 0 Å². The van der Waals surface area contributed by atoms with Crippen LogP contribution in [0.4, 0.5) is 5.69 Å². The molecule has 0 saturated carbocycles. The van der Waals surface area contributed by atoms with Gasteiger partial charge in [0.25, 0.3) is 0 Å².